The Morgan fingerprint density at radius 3 is 2.81 bits per heavy atom. The zero-order valence-electron chi connectivity index (χ0n) is 9.26. The molecule has 1 spiro atoms. The SMILES string of the molecule is Nc1ccc(N2CC(O)CCC23CC3)cn1. The molecule has 4 nitrogen and oxygen atoms in total. The normalized spacial score (nSPS) is 27.1. The number of aliphatic hydroxyl groups excluding tert-OH is 1. The van der Waals surface area contributed by atoms with E-state index in [-0.39, 0.29) is 6.10 Å². The van der Waals surface area contributed by atoms with Gasteiger partial charge in [-0.1, -0.05) is 0 Å². The molecule has 2 heterocycles. The van der Waals surface area contributed by atoms with Gasteiger partial charge < -0.3 is 15.7 Å². The van der Waals surface area contributed by atoms with Gasteiger partial charge in [0.25, 0.3) is 0 Å². The first-order valence-corrected chi connectivity index (χ1v) is 5.87. The lowest BCUT2D eigenvalue weighted by Crippen LogP contribution is -2.47. The highest BCUT2D eigenvalue weighted by atomic mass is 16.3. The number of nitrogens with two attached hydrogens (primary N) is 1. The molecule has 1 aliphatic heterocycles. The molecule has 1 aliphatic carbocycles. The van der Waals surface area contributed by atoms with E-state index in [0.29, 0.717) is 11.4 Å². The fourth-order valence-electron chi connectivity index (χ4n) is 2.67. The second-order valence-electron chi connectivity index (χ2n) is 4.97. The molecule has 1 saturated carbocycles. The molecule has 1 aromatic rings. The Morgan fingerprint density at radius 2 is 2.19 bits per heavy atom. The Bertz CT molecular complexity index is 386. The van der Waals surface area contributed by atoms with Crippen LogP contribution in [0, 0.1) is 0 Å². The third kappa shape index (κ3) is 1.53. The second-order valence-corrected chi connectivity index (χ2v) is 4.97. The standard InChI is InChI=1S/C12H17N3O/c13-11-2-1-9(7-14-11)15-8-10(16)3-4-12(15)5-6-12/h1-2,7,10,16H,3-6,8H2,(H2,13,14). The molecule has 2 aliphatic rings. The molecule has 1 unspecified atom stereocenters. The van der Waals surface area contributed by atoms with Crippen LogP contribution >= 0.6 is 0 Å². The van der Waals surface area contributed by atoms with E-state index in [4.69, 9.17) is 5.73 Å². The number of aromatic nitrogens is 1. The van der Waals surface area contributed by atoms with E-state index in [1.807, 2.05) is 18.3 Å². The summed E-state index contributed by atoms with van der Waals surface area (Å²) >= 11 is 0. The van der Waals surface area contributed by atoms with Crippen molar-refractivity contribution in [2.24, 2.45) is 0 Å². The number of rotatable bonds is 1. The molecule has 4 heteroatoms. The summed E-state index contributed by atoms with van der Waals surface area (Å²) in [5.74, 6) is 0.547. The minimum absolute atomic E-state index is 0.205. The molecule has 3 rings (SSSR count). The fourth-order valence-corrected chi connectivity index (χ4v) is 2.67. The van der Waals surface area contributed by atoms with Gasteiger partial charge in [0, 0.05) is 12.1 Å². The average Bonchev–Trinajstić information content (AvgIpc) is 3.05. The first-order valence-electron chi connectivity index (χ1n) is 5.87. The topological polar surface area (TPSA) is 62.4 Å². The molecule has 86 valence electrons. The van der Waals surface area contributed by atoms with Crippen molar-refractivity contribution in [2.75, 3.05) is 17.2 Å². The van der Waals surface area contributed by atoms with Gasteiger partial charge in [-0.3, -0.25) is 0 Å². The van der Waals surface area contributed by atoms with Crippen LogP contribution in [0.5, 0.6) is 0 Å². The Morgan fingerprint density at radius 1 is 1.38 bits per heavy atom. The Kier molecular flexibility index (Phi) is 2.07. The first-order chi connectivity index (χ1) is 7.70. The molecule has 16 heavy (non-hydrogen) atoms. The van der Waals surface area contributed by atoms with Crippen LogP contribution in [0.2, 0.25) is 0 Å². The van der Waals surface area contributed by atoms with Crippen LogP contribution in [0.25, 0.3) is 0 Å². The highest BCUT2D eigenvalue weighted by Gasteiger charge is 2.50. The molecule has 1 saturated heterocycles. The predicted octanol–water partition coefficient (Wildman–Crippen LogP) is 1.16. The summed E-state index contributed by atoms with van der Waals surface area (Å²) in [5.41, 5.74) is 6.99. The largest absolute Gasteiger partial charge is 0.391 e. The number of nitrogen functional groups attached to an aromatic ring is 1. The Balaban J connectivity index is 1.89. The number of β-amino-alcohol motifs (C(OH)–C–C–N with tert-alkyl or cyclic N) is 1. The van der Waals surface area contributed by atoms with Crippen molar-refractivity contribution < 1.29 is 5.11 Å². The maximum Gasteiger partial charge on any atom is 0.123 e. The summed E-state index contributed by atoms with van der Waals surface area (Å²) in [6, 6.07) is 3.83. The van der Waals surface area contributed by atoms with Crippen molar-refractivity contribution in [3.05, 3.63) is 18.3 Å². The predicted molar refractivity (Wildman–Crippen MR) is 63.2 cm³/mol. The van der Waals surface area contributed by atoms with Crippen molar-refractivity contribution in [3.8, 4) is 0 Å². The summed E-state index contributed by atoms with van der Waals surface area (Å²) in [5, 5.41) is 9.77. The van der Waals surface area contributed by atoms with Gasteiger partial charge in [-0.2, -0.15) is 0 Å². The minimum atomic E-state index is -0.205. The van der Waals surface area contributed by atoms with Crippen molar-refractivity contribution in [3.63, 3.8) is 0 Å². The van der Waals surface area contributed by atoms with E-state index in [1.54, 1.807) is 0 Å². The molecule has 1 aromatic heterocycles. The molecule has 0 amide bonds. The van der Waals surface area contributed by atoms with Crippen molar-refractivity contribution in [1.29, 1.82) is 0 Å². The maximum absolute atomic E-state index is 9.77. The van der Waals surface area contributed by atoms with Gasteiger partial charge in [0.2, 0.25) is 0 Å². The van der Waals surface area contributed by atoms with Gasteiger partial charge in [-0.05, 0) is 37.8 Å². The monoisotopic (exact) mass is 219 g/mol. The molecule has 2 fully saturated rings. The first kappa shape index (κ1) is 9.90. The zero-order valence-corrected chi connectivity index (χ0v) is 9.26. The number of piperidine rings is 1. The van der Waals surface area contributed by atoms with Crippen LogP contribution in [0.3, 0.4) is 0 Å². The van der Waals surface area contributed by atoms with Crippen LogP contribution in [-0.4, -0.2) is 28.3 Å². The van der Waals surface area contributed by atoms with Gasteiger partial charge in [0.05, 0.1) is 18.0 Å². The van der Waals surface area contributed by atoms with Crippen molar-refractivity contribution in [1.82, 2.24) is 4.98 Å². The van der Waals surface area contributed by atoms with E-state index in [9.17, 15) is 5.11 Å². The van der Waals surface area contributed by atoms with E-state index < -0.39 is 0 Å². The highest BCUT2D eigenvalue weighted by Crippen LogP contribution is 2.49. The number of aliphatic hydroxyl groups is 1. The molecule has 0 radical (unpaired) electrons. The number of hydrogen-bond acceptors (Lipinski definition) is 4. The van der Waals surface area contributed by atoms with Crippen LogP contribution in [0.1, 0.15) is 25.7 Å². The second kappa shape index (κ2) is 3.35. The van der Waals surface area contributed by atoms with E-state index in [1.165, 1.54) is 12.8 Å². The van der Waals surface area contributed by atoms with Crippen molar-refractivity contribution >= 4 is 11.5 Å². The summed E-state index contributed by atoms with van der Waals surface area (Å²) in [6.07, 6.45) is 6.11. The Labute approximate surface area is 95.1 Å². The molecule has 3 N–H and O–H groups in total. The lowest BCUT2D eigenvalue weighted by atomic mass is 9.97. The third-order valence-corrected chi connectivity index (χ3v) is 3.82. The number of anilines is 2. The summed E-state index contributed by atoms with van der Waals surface area (Å²) < 4.78 is 0. The van der Waals surface area contributed by atoms with Gasteiger partial charge in [0.1, 0.15) is 5.82 Å². The van der Waals surface area contributed by atoms with Crippen molar-refractivity contribution in [2.45, 2.75) is 37.3 Å². The van der Waals surface area contributed by atoms with Gasteiger partial charge in [-0.15, -0.1) is 0 Å². The highest BCUT2D eigenvalue weighted by molar-refractivity contribution is 5.53. The van der Waals surface area contributed by atoms with E-state index in [0.717, 1.165) is 25.1 Å². The van der Waals surface area contributed by atoms with Crippen LogP contribution in [0.4, 0.5) is 11.5 Å². The molecule has 0 bridgehead atoms. The van der Waals surface area contributed by atoms with Crippen LogP contribution in [0.15, 0.2) is 18.3 Å². The third-order valence-electron chi connectivity index (χ3n) is 3.82. The lowest BCUT2D eigenvalue weighted by molar-refractivity contribution is 0.138. The molecule has 0 aromatic carbocycles. The zero-order chi connectivity index (χ0) is 11.2. The molecule has 1 atom stereocenters. The number of nitrogens with zero attached hydrogens (tertiary/aromatic N) is 2. The minimum Gasteiger partial charge on any atom is -0.391 e. The van der Waals surface area contributed by atoms with E-state index in [2.05, 4.69) is 9.88 Å². The number of pyridine rings is 1. The number of hydrogen-bond donors (Lipinski definition) is 2. The Hall–Kier alpha value is -1.29. The van der Waals surface area contributed by atoms with Crippen LogP contribution < -0.4 is 10.6 Å². The molecular weight excluding hydrogens is 202 g/mol. The fraction of sp³-hybridized carbons (Fsp3) is 0.583. The van der Waals surface area contributed by atoms with Crippen LogP contribution in [-0.2, 0) is 0 Å². The maximum atomic E-state index is 9.77. The summed E-state index contributed by atoms with van der Waals surface area (Å²) in [6.45, 7) is 0.728. The lowest BCUT2D eigenvalue weighted by Gasteiger charge is -2.40. The summed E-state index contributed by atoms with van der Waals surface area (Å²) in [4.78, 5) is 6.44. The average molecular weight is 219 g/mol. The quantitative estimate of drug-likeness (QED) is 0.744. The van der Waals surface area contributed by atoms with Gasteiger partial charge in [-0.25, -0.2) is 4.98 Å². The van der Waals surface area contributed by atoms with E-state index >= 15 is 0 Å². The summed E-state index contributed by atoms with van der Waals surface area (Å²) in [7, 11) is 0. The van der Waals surface area contributed by atoms with Gasteiger partial charge in [0.15, 0.2) is 0 Å². The smallest absolute Gasteiger partial charge is 0.123 e. The van der Waals surface area contributed by atoms with Gasteiger partial charge >= 0.3 is 0 Å². The molecular formula is C12H17N3O.